The Balaban J connectivity index is 1.21. The van der Waals surface area contributed by atoms with Crippen LogP contribution in [0.5, 0.6) is 5.88 Å². The fraction of sp³-hybridized carbons (Fsp3) is 0.290. The minimum absolute atomic E-state index is 0.466. The van der Waals surface area contributed by atoms with E-state index < -0.39 is 0 Å². The van der Waals surface area contributed by atoms with Crippen LogP contribution < -0.4 is 4.74 Å². The lowest BCUT2D eigenvalue weighted by molar-refractivity contribution is 0.392. The van der Waals surface area contributed by atoms with Crippen LogP contribution >= 0.6 is 11.5 Å². The van der Waals surface area contributed by atoms with Crippen LogP contribution in [0.2, 0.25) is 0 Å². The third-order valence-corrected chi connectivity index (χ3v) is 9.11. The number of aryl methyl sites for hydroxylation is 1. The van der Waals surface area contributed by atoms with Crippen molar-refractivity contribution in [3.05, 3.63) is 65.8 Å². The summed E-state index contributed by atoms with van der Waals surface area (Å²) in [6.07, 6.45) is 12.5. The number of rotatable bonds is 7. The molecule has 0 N–H and O–H groups in total. The zero-order chi connectivity index (χ0) is 28.8. The molecule has 2 fully saturated rings. The maximum Gasteiger partial charge on any atom is 0.259 e. The van der Waals surface area contributed by atoms with Gasteiger partial charge in [0.25, 0.3) is 5.88 Å². The van der Waals surface area contributed by atoms with Gasteiger partial charge in [0.2, 0.25) is 0 Å². The molecule has 2 aliphatic rings. The normalized spacial score (nSPS) is 15.2. The van der Waals surface area contributed by atoms with Crippen LogP contribution in [0.1, 0.15) is 48.9 Å². The molecular weight excluding hydrogens is 560 g/mol. The number of nitrogens with zero attached hydrogens (tertiary/aromatic N) is 10. The number of fused-ring (bicyclic) bond motifs is 2. The standard InChI is InChI=1S/C31H28N10OS/c1-38-13-19-11-22(26(17-7-8-17)33-29(19)36-38)30-34-27(28(39(30)2)18-9-10-18)21-5-4-6-24-23(21)14-41(35-24)25-15-40(37-31(25)42-3)20-12-32-43-16-20/h4-6,11-18H,7-10H2,1-3H3. The summed E-state index contributed by atoms with van der Waals surface area (Å²) in [6, 6.07) is 8.50. The lowest BCUT2D eigenvalue weighted by atomic mass is 10.0. The van der Waals surface area contributed by atoms with Crippen molar-refractivity contribution in [2.24, 2.45) is 14.1 Å². The SMILES string of the molecule is COc1nn(-c2cnsc2)cc1-n1cc2c(-c3nc(-c4cc5cn(C)nc5nc4C4CC4)n(C)c3C3CC3)cccc2n1. The molecule has 1 aromatic carbocycles. The second-order valence-electron chi connectivity index (χ2n) is 11.6. The number of benzene rings is 1. The molecule has 0 radical (unpaired) electrons. The van der Waals surface area contributed by atoms with Gasteiger partial charge in [0.1, 0.15) is 11.5 Å². The quantitative estimate of drug-likeness (QED) is 0.232. The minimum atomic E-state index is 0.466. The Morgan fingerprint density at radius 3 is 2.53 bits per heavy atom. The molecule has 43 heavy (non-hydrogen) atoms. The first kappa shape index (κ1) is 24.7. The molecule has 0 bridgehead atoms. The fourth-order valence-electron chi connectivity index (χ4n) is 6.18. The van der Waals surface area contributed by atoms with Gasteiger partial charge in [-0.1, -0.05) is 12.1 Å². The maximum absolute atomic E-state index is 5.65. The summed E-state index contributed by atoms with van der Waals surface area (Å²) in [5, 5.41) is 18.2. The molecule has 12 heteroatoms. The van der Waals surface area contributed by atoms with Gasteiger partial charge in [-0.2, -0.15) is 14.6 Å². The molecular formula is C31H28N10OS. The van der Waals surface area contributed by atoms with E-state index in [4.69, 9.17) is 19.8 Å². The van der Waals surface area contributed by atoms with Gasteiger partial charge in [-0.15, -0.1) is 5.10 Å². The average molecular weight is 589 g/mol. The van der Waals surface area contributed by atoms with Gasteiger partial charge in [0, 0.05) is 71.3 Å². The van der Waals surface area contributed by atoms with Crippen LogP contribution in [-0.4, -0.2) is 55.4 Å². The molecule has 0 unspecified atom stereocenters. The van der Waals surface area contributed by atoms with Crippen molar-refractivity contribution in [1.82, 2.24) is 48.3 Å². The van der Waals surface area contributed by atoms with Gasteiger partial charge in [0.05, 0.1) is 42.1 Å². The summed E-state index contributed by atoms with van der Waals surface area (Å²) in [7, 11) is 5.73. The van der Waals surface area contributed by atoms with E-state index in [1.165, 1.54) is 30.1 Å². The molecule has 0 spiro atoms. The molecule has 0 aliphatic heterocycles. The number of methoxy groups -OCH3 is 1. The summed E-state index contributed by atoms with van der Waals surface area (Å²) < 4.78 is 17.6. The fourth-order valence-corrected chi connectivity index (χ4v) is 6.68. The Hall–Kier alpha value is -4.84. The van der Waals surface area contributed by atoms with Gasteiger partial charge in [0.15, 0.2) is 5.65 Å². The van der Waals surface area contributed by atoms with Crippen molar-refractivity contribution in [1.29, 1.82) is 0 Å². The predicted molar refractivity (Wildman–Crippen MR) is 164 cm³/mol. The van der Waals surface area contributed by atoms with Gasteiger partial charge in [-0.3, -0.25) is 4.68 Å². The van der Waals surface area contributed by atoms with Gasteiger partial charge >= 0.3 is 0 Å². The van der Waals surface area contributed by atoms with Gasteiger partial charge in [-0.05, 0) is 49.3 Å². The largest absolute Gasteiger partial charge is 0.478 e. The van der Waals surface area contributed by atoms with Crippen LogP contribution in [-0.2, 0) is 14.1 Å². The molecule has 7 aromatic rings. The van der Waals surface area contributed by atoms with E-state index in [0.717, 1.165) is 74.5 Å². The Labute approximate surface area is 250 Å². The lowest BCUT2D eigenvalue weighted by Gasteiger charge is -2.10. The van der Waals surface area contributed by atoms with Crippen LogP contribution in [0.25, 0.3) is 56.0 Å². The van der Waals surface area contributed by atoms with E-state index >= 15 is 0 Å². The van der Waals surface area contributed by atoms with Crippen LogP contribution in [0, 0.1) is 0 Å². The van der Waals surface area contributed by atoms with E-state index in [-0.39, 0.29) is 0 Å². The van der Waals surface area contributed by atoms with E-state index in [9.17, 15) is 0 Å². The summed E-state index contributed by atoms with van der Waals surface area (Å²) >= 11 is 1.38. The number of aromatic nitrogens is 10. The Morgan fingerprint density at radius 1 is 0.907 bits per heavy atom. The first-order chi connectivity index (χ1) is 21.1. The van der Waals surface area contributed by atoms with Gasteiger partial charge < -0.3 is 9.30 Å². The highest BCUT2D eigenvalue weighted by atomic mass is 32.1. The van der Waals surface area contributed by atoms with Crippen molar-refractivity contribution in [3.63, 3.8) is 0 Å². The highest BCUT2D eigenvalue weighted by Crippen LogP contribution is 2.49. The second-order valence-corrected chi connectivity index (χ2v) is 12.2. The van der Waals surface area contributed by atoms with Crippen molar-refractivity contribution < 1.29 is 4.74 Å². The van der Waals surface area contributed by atoms with Crippen molar-refractivity contribution in [3.8, 4) is 39.9 Å². The molecule has 11 nitrogen and oxygen atoms in total. The summed E-state index contributed by atoms with van der Waals surface area (Å²) in [6.45, 7) is 0. The van der Waals surface area contributed by atoms with Crippen molar-refractivity contribution >= 4 is 33.5 Å². The predicted octanol–water partition coefficient (Wildman–Crippen LogP) is 5.78. The van der Waals surface area contributed by atoms with Crippen molar-refractivity contribution in [2.45, 2.75) is 37.5 Å². The van der Waals surface area contributed by atoms with Gasteiger partial charge in [-0.25, -0.2) is 19.3 Å². The highest BCUT2D eigenvalue weighted by Gasteiger charge is 2.35. The monoisotopic (exact) mass is 588 g/mol. The van der Waals surface area contributed by atoms with Crippen molar-refractivity contribution in [2.75, 3.05) is 7.11 Å². The number of imidazole rings is 1. The highest BCUT2D eigenvalue weighted by molar-refractivity contribution is 7.03. The molecule has 6 aromatic heterocycles. The Kier molecular flexibility index (Phi) is 5.22. The Morgan fingerprint density at radius 2 is 1.77 bits per heavy atom. The summed E-state index contributed by atoms with van der Waals surface area (Å²) in [4.78, 5) is 10.5. The molecule has 6 heterocycles. The smallest absolute Gasteiger partial charge is 0.259 e. The average Bonchev–Trinajstić information content (AvgIpc) is 3.71. The topological polar surface area (TPSA) is 106 Å². The molecule has 2 saturated carbocycles. The zero-order valence-corrected chi connectivity index (χ0v) is 24.8. The maximum atomic E-state index is 5.65. The third-order valence-electron chi connectivity index (χ3n) is 8.54. The number of hydrogen-bond acceptors (Lipinski definition) is 8. The number of ether oxygens (including phenoxy) is 1. The van der Waals surface area contributed by atoms with Crippen LogP contribution in [0.15, 0.2) is 54.4 Å². The molecule has 9 rings (SSSR count). The molecule has 0 saturated heterocycles. The molecule has 214 valence electrons. The Bertz CT molecular complexity index is 2180. The summed E-state index contributed by atoms with van der Waals surface area (Å²) in [5.74, 6) is 2.41. The van der Waals surface area contributed by atoms with Crippen LogP contribution in [0.3, 0.4) is 0 Å². The first-order valence-electron chi connectivity index (χ1n) is 14.5. The third kappa shape index (κ3) is 3.93. The lowest BCUT2D eigenvalue weighted by Crippen LogP contribution is -2.01. The molecule has 0 amide bonds. The molecule has 0 atom stereocenters. The second kappa shape index (κ2) is 9.08. The van der Waals surface area contributed by atoms with E-state index in [1.54, 1.807) is 18.0 Å². The number of pyridine rings is 1. The first-order valence-corrected chi connectivity index (χ1v) is 15.3. The van der Waals surface area contributed by atoms with E-state index in [2.05, 4.69) is 50.6 Å². The molecule has 2 aliphatic carbocycles. The van der Waals surface area contributed by atoms with Crippen LogP contribution in [0.4, 0.5) is 0 Å². The van der Waals surface area contributed by atoms with E-state index in [0.29, 0.717) is 17.7 Å². The number of hydrogen-bond donors (Lipinski definition) is 0. The minimum Gasteiger partial charge on any atom is -0.478 e. The zero-order valence-electron chi connectivity index (χ0n) is 24.0. The van der Waals surface area contributed by atoms with E-state index in [1.807, 2.05) is 40.3 Å². The summed E-state index contributed by atoms with van der Waals surface area (Å²) in [5.41, 5.74) is 8.92.